The summed E-state index contributed by atoms with van der Waals surface area (Å²) in [5.41, 5.74) is 5.22. The highest BCUT2D eigenvalue weighted by atomic mass is 19.4. The van der Waals surface area contributed by atoms with Crippen molar-refractivity contribution in [3.8, 4) is 0 Å². The molecule has 0 bridgehead atoms. The van der Waals surface area contributed by atoms with Gasteiger partial charge in [-0.2, -0.15) is 13.2 Å². The first kappa shape index (κ1) is 13.7. The number of halogens is 3. The van der Waals surface area contributed by atoms with Crippen molar-refractivity contribution in [2.75, 3.05) is 33.3 Å². The normalized spacial score (nSPS) is 14.8. The molecule has 0 aliphatic rings. The first-order chi connectivity index (χ1) is 6.39. The maximum absolute atomic E-state index is 12.1. The van der Waals surface area contributed by atoms with Gasteiger partial charge in [0.1, 0.15) is 0 Å². The minimum Gasteiger partial charge on any atom is -0.380 e. The summed E-state index contributed by atoms with van der Waals surface area (Å²) in [7, 11) is 1.47. The van der Waals surface area contributed by atoms with Gasteiger partial charge >= 0.3 is 6.18 Å². The summed E-state index contributed by atoms with van der Waals surface area (Å²) in [6.07, 6.45) is -4.40. The third kappa shape index (κ3) is 7.11. The fourth-order valence-corrected chi connectivity index (χ4v) is 1.11. The van der Waals surface area contributed by atoms with Crippen molar-refractivity contribution in [3.05, 3.63) is 0 Å². The van der Waals surface area contributed by atoms with Crippen LogP contribution in [0.25, 0.3) is 0 Å². The van der Waals surface area contributed by atoms with E-state index in [1.165, 1.54) is 12.0 Å². The van der Waals surface area contributed by atoms with Crippen molar-refractivity contribution in [1.82, 2.24) is 4.90 Å². The number of ether oxygens (including phenoxy) is 1. The quantitative estimate of drug-likeness (QED) is 0.712. The summed E-state index contributed by atoms with van der Waals surface area (Å²) >= 11 is 0. The van der Waals surface area contributed by atoms with E-state index in [1.54, 1.807) is 6.92 Å². The van der Waals surface area contributed by atoms with Crippen LogP contribution in [-0.4, -0.2) is 50.5 Å². The summed E-state index contributed by atoms with van der Waals surface area (Å²) in [4.78, 5) is 1.24. The maximum atomic E-state index is 12.1. The lowest BCUT2D eigenvalue weighted by Crippen LogP contribution is -2.41. The molecule has 0 aliphatic heterocycles. The lowest BCUT2D eigenvalue weighted by atomic mass is 10.3. The molecular formula is C8H17F3N2O. The molecule has 6 heteroatoms. The molecule has 0 spiro atoms. The molecule has 0 fully saturated rings. The van der Waals surface area contributed by atoms with Gasteiger partial charge in [-0.15, -0.1) is 0 Å². The summed E-state index contributed by atoms with van der Waals surface area (Å²) in [6.45, 7) is 1.48. The number of nitrogens with zero attached hydrogens (tertiary/aromatic N) is 1. The van der Waals surface area contributed by atoms with E-state index in [9.17, 15) is 13.2 Å². The first-order valence-electron chi connectivity index (χ1n) is 4.41. The van der Waals surface area contributed by atoms with Gasteiger partial charge in [0.05, 0.1) is 12.6 Å². The molecule has 2 N–H and O–H groups in total. The van der Waals surface area contributed by atoms with Crippen molar-refractivity contribution < 1.29 is 17.9 Å². The average molecular weight is 214 g/mol. The summed E-state index contributed by atoms with van der Waals surface area (Å²) in [6, 6.07) is 0. The predicted octanol–water partition coefficient (Wildman–Crippen LogP) is 0.844. The van der Waals surface area contributed by atoms with E-state index in [0.717, 1.165) is 0 Å². The third-order valence-electron chi connectivity index (χ3n) is 1.77. The van der Waals surface area contributed by atoms with E-state index in [1.807, 2.05) is 0 Å². The van der Waals surface area contributed by atoms with Crippen LogP contribution >= 0.6 is 0 Å². The topological polar surface area (TPSA) is 38.5 Å². The number of alkyl halides is 3. The number of methoxy groups -OCH3 is 1. The Labute approximate surface area is 82.0 Å². The molecule has 3 nitrogen and oxygen atoms in total. The largest absolute Gasteiger partial charge is 0.401 e. The molecule has 0 aromatic carbocycles. The monoisotopic (exact) mass is 214 g/mol. The number of hydrogen-bond donors (Lipinski definition) is 1. The Hall–Kier alpha value is -0.330. The Morgan fingerprint density at radius 3 is 2.36 bits per heavy atom. The Morgan fingerprint density at radius 2 is 2.00 bits per heavy atom. The van der Waals surface area contributed by atoms with Crippen LogP contribution in [0.3, 0.4) is 0 Å². The van der Waals surface area contributed by atoms with Gasteiger partial charge in [-0.25, -0.2) is 0 Å². The van der Waals surface area contributed by atoms with Crippen molar-refractivity contribution in [2.24, 2.45) is 5.73 Å². The second-order valence-corrected chi connectivity index (χ2v) is 3.19. The highest BCUT2D eigenvalue weighted by molar-refractivity contribution is 4.66. The fraction of sp³-hybridized carbons (Fsp3) is 1.00. The molecule has 0 radical (unpaired) electrons. The van der Waals surface area contributed by atoms with Gasteiger partial charge in [-0.1, -0.05) is 0 Å². The van der Waals surface area contributed by atoms with Gasteiger partial charge in [0.2, 0.25) is 0 Å². The summed E-state index contributed by atoms with van der Waals surface area (Å²) in [5.74, 6) is 0. The fourth-order valence-electron chi connectivity index (χ4n) is 1.11. The molecule has 0 aromatic heterocycles. The minimum absolute atomic E-state index is 0.215. The molecule has 0 aliphatic carbocycles. The Balaban J connectivity index is 4.01. The van der Waals surface area contributed by atoms with Crippen LogP contribution < -0.4 is 5.73 Å². The summed E-state index contributed by atoms with van der Waals surface area (Å²) < 4.78 is 41.1. The molecule has 0 aromatic rings. The number of hydrogen-bond acceptors (Lipinski definition) is 3. The second kappa shape index (κ2) is 6.21. The van der Waals surface area contributed by atoms with E-state index in [4.69, 9.17) is 10.5 Å². The maximum Gasteiger partial charge on any atom is 0.401 e. The van der Waals surface area contributed by atoms with E-state index in [-0.39, 0.29) is 25.7 Å². The standard InChI is InChI=1S/C8H17F3N2O/c1-7(14-2)5-13(4-3-12)6-8(9,10)11/h7H,3-6,12H2,1-2H3. The van der Waals surface area contributed by atoms with Crippen LogP contribution in [0.15, 0.2) is 0 Å². The molecule has 0 amide bonds. The van der Waals surface area contributed by atoms with Gasteiger partial charge in [-0.05, 0) is 6.92 Å². The van der Waals surface area contributed by atoms with E-state index in [2.05, 4.69) is 0 Å². The summed E-state index contributed by atoms with van der Waals surface area (Å²) in [5, 5.41) is 0. The Morgan fingerprint density at radius 1 is 1.43 bits per heavy atom. The second-order valence-electron chi connectivity index (χ2n) is 3.19. The zero-order chi connectivity index (χ0) is 11.2. The van der Waals surface area contributed by atoms with Crippen LogP contribution in [0.4, 0.5) is 13.2 Å². The van der Waals surface area contributed by atoms with Crippen LogP contribution in [-0.2, 0) is 4.74 Å². The molecule has 86 valence electrons. The molecule has 1 atom stereocenters. The highest BCUT2D eigenvalue weighted by Gasteiger charge is 2.30. The lowest BCUT2D eigenvalue weighted by Gasteiger charge is -2.25. The van der Waals surface area contributed by atoms with Crippen molar-refractivity contribution in [3.63, 3.8) is 0 Å². The molecule has 1 unspecified atom stereocenters. The smallest absolute Gasteiger partial charge is 0.380 e. The van der Waals surface area contributed by atoms with Crippen LogP contribution in [0.5, 0.6) is 0 Å². The molecule has 0 saturated heterocycles. The highest BCUT2D eigenvalue weighted by Crippen LogP contribution is 2.16. The van der Waals surface area contributed by atoms with Crippen LogP contribution in [0, 0.1) is 0 Å². The van der Waals surface area contributed by atoms with Crippen molar-refractivity contribution in [2.45, 2.75) is 19.2 Å². The van der Waals surface area contributed by atoms with Gasteiger partial charge < -0.3 is 10.5 Å². The molecule has 14 heavy (non-hydrogen) atoms. The first-order valence-corrected chi connectivity index (χ1v) is 4.41. The SMILES string of the molecule is COC(C)CN(CCN)CC(F)(F)F. The van der Waals surface area contributed by atoms with Gasteiger partial charge in [0.15, 0.2) is 0 Å². The predicted molar refractivity (Wildman–Crippen MR) is 48.0 cm³/mol. The van der Waals surface area contributed by atoms with Gasteiger partial charge in [0, 0.05) is 26.7 Å². The zero-order valence-electron chi connectivity index (χ0n) is 8.47. The third-order valence-corrected chi connectivity index (χ3v) is 1.77. The molecular weight excluding hydrogens is 197 g/mol. The van der Waals surface area contributed by atoms with E-state index < -0.39 is 12.7 Å². The van der Waals surface area contributed by atoms with Crippen molar-refractivity contribution in [1.29, 1.82) is 0 Å². The van der Waals surface area contributed by atoms with Crippen LogP contribution in [0.1, 0.15) is 6.92 Å². The average Bonchev–Trinajstić information content (AvgIpc) is 2.01. The zero-order valence-corrected chi connectivity index (χ0v) is 8.47. The minimum atomic E-state index is -4.18. The van der Waals surface area contributed by atoms with Gasteiger partial charge in [-0.3, -0.25) is 4.90 Å². The molecule has 0 saturated carbocycles. The molecule has 0 heterocycles. The van der Waals surface area contributed by atoms with E-state index in [0.29, 0.717) is 0 Å². The number of rotatable bonds is 6. The van der Waals surface area contributed by atoms with Crippen LogP contribution in [0.2, 0.25) is 0 Å². The van der Waals surface area contributed by atoms with Crippen molar-refractivity contribution >= 4 is 0 Å². The Bertz CT molecular complexity index is 152. The lowest BCUT2D eigenvalue weighted by molar-refractivity contribution is -0.148. The van der Waals surface area contributed by atoms with E-state index >= 15 is 0 Å². The molecule has 0 rings (SSSR count). The van der Waals surface area contributed by atoms with Gasteiger partial charge in [0.25, 0.3) is 0 Å². The number of nitrogens with two attached hydrogens (primary N) is 1. The Kier molecular flexibility index (Phi) is 6.06.